The van der Waals surface area contributed by atoms with E-state index in [4.69, 9.17) is 11.6 Å². The quantitative estimate of drug-likeness (QED) is 0.626. The van der Waals surface area contributed by atoms with E-state index < -0.39 is 5.92 Å². The van der Waals surface area contributed by atoms with Crippen LogP contribution in [0.15, 0.2) is 47.4 Å². The van der Waals surface area contributed by atoms with Crippen molar-refractivity contribution in [3.05, 3.63) is 53.1 Å². The minimum atomic E-state index is -0.455. The predicted molar refractivity (Wildman–Crippen MR) is 121 cm³/mol. The van der Waals surface area contributed by atoms with Gasteiger partial charge in [0.1, 0.15) is 0 Å². The first-order chi connectivity index (χ1) is 14.4. The SMILES string of the molecule is CCCNC(=O)c1ccc(NC(=O)C2CC(=O)N(c3ccc(SC)cc3)C2)cc1Cl. The molecular formula is C22H24ClN3O3S. The number of carbonyl (C=O) groups excluding carboxylic acids is 3. The number of hydrogen-bond acceptors (Lipinski definition) is 4. The molecule has 0 saturated carbocycles. The monoisotopic (exact) mass is 445 g/mol. The summed E-state index contributed by atoms with van der Waals surface area (Å²) >= 11 is 7.85. The molecule has 158 valence electrons. The normalized spacial score (nSPS) is 15.9. The fraction of sp³-hybridized carbons (Fsp3) is 0.318. The number of benzene rings is 2. The topological polar surface area (TPSA) is 78.5 Å². The molecule has 0 aliphatic carbocycles. The van der Waals surface area contributed by atoms with E-state index in [9.17, 15) is 14.4 Å². The summed E-state index contributed by atoms with van der Waals surface area (Å²) < 4.78 is 0. The molecule has 1 atom stereocenters. The van der Waals surface area contributed by atoms with Crippen LogP contribution in [0.3, 0.4) is 0 Å². The Morgan fingerprint density at radius 1 is 1.20 bits per heavy atom. The van der Waals surface area contributed by atoms with Crippen LogP contribution in [0.4, 0.5) is 11.4 Å². The van der Waals surface area contributed by atoms with Gasteiger partial charge in [-0.2, -0.15) is 0 Å². The van der Waals surface area contributed by atoms with Crippen molar-refractivity contribution >= 4 is 52.5 Å². The van der Waals surface area contributed by atoms with E-state index in [0.717, 1.165) is 17.0 Å². The van der Waals surface area contributed by atoms with Gasteiger partial charge in [-0.3, -0.25) is 14.4 Å². The first kappa shape index (κ1) is 22.2. The van der Waals surface area contributed by atoms with Crippen LogP contribution in [0, 0.1) is 5.92 Å². The Balaban J connectivity index is 1.64. The first-order valence-corrected chi connectivity index (χ1v) is 11.4. The van der Waals surface area contributed by atoms with Crippen LogP contribution in [-0.2, 0) is 9.59 Å². The van der Waals surface area contributed by atoms with Crippen molar-refractivity contribution in [1.82, 2.24) is 5.32 Å². The van der Waals surface area contributed by atoms with Crippen molar-refractivity contribution in [2.45, 2.75) is 24.7 Å². The number of carbonyl (C=O) groups is 3. The summed E-state index contributed by atoms with van der Waals surface area (Å²) in [5.74, 6) is -1.02. The highest BCUT2D eigenvalue weighted by molar-refractivity contribution is 7.98. The van der Waals surface area contributed by atoms with Crippen LogP contribution in [-0.4, -0.2) is 37.1 Å². The van der Waals surface area contributed by atoms with Gasteiger partial charge in [-0.15, -0.1) is 11.8 Å². The maximum Gasteiger partial charge on any atom is 0.252 e. The highest BCUT2D eigenvalue weighted by atomic mass is 35.5. The summed E-state index contributed by atoms with van der Waals surface area (Å²) in [6, 6.07) is 12.5. The molecule has 0 bridgehead atoms. The molecule has 0 radical (unpaired) electrons. The molecular weight excluding hydrogens is 422 g/mol. The Morgan fingerprint density at radius 2 is 1.93 bits per heavy atom. The third kappa shape index (κ3) is 5.15. The number of rotatable bonds is 7. The number of thioether (sulfide) groups is 1. The van der Waals surface area contributed by atoms with Crippen LogP contribution in [0.5, 0.6) is 0 Å². The van der Waals surface area contributed by atoms with Crippen LogP contribution in [0.25, 0.3) is 0 Å². The Kier molecular flexibility index (Phi) is 7.39. The molecule has 8 heteroatoms. The smallest absolute Gasteiger partial charge is 0.252 e. The highest BCUT2D eigenvalue weighted by Crippen LogP contribution is 2.28. The predicted octanol–water partition coefficient (Wildman–Crippen LogP) is 4.19. The van der Waals surface area contributed by atoms with E-state index >= 15 is 0 Å². The average Bonchev–Trinajstić information content (AvgIpc) is 3.14. The molecule has 1 fully saturated rings. The van der Waals surface area contributed by atoms with Gasteiger partial charge < -0.3 is 15.5 Å². The first-order valence-electron chi connectivity index (χ1n) is 9.76. The van der Waals surface area contributed by atoms with Gasteiger partial charge >= 0.3 is 0 Å². The second kappa shape index (κ2) is 10.00. The molecule has 1 unspecified atom stereocenters. The molecule has 3 rings (SSSR count). The van der Waals surface area contributed by atoms with Gasteiger partial charge in [0.25, 0.3) is 5.91 Å². The number of amides is 3. The minimum absolute atomic E-state index is 0.0759. The van der Waals surface area contributed by atoms with Gasteiger partial charge in [0, 0.05) is 35.8 Å². The zero-order chi connectivity index (χ0) is 21.7. The van der Waals surface area contributed by atoms with E-state index in [2.05, 4.69) is 10.6 Å². The summed E-state index contributed by atoms with van der Waals surface area (Å²) in [7, 11) is 0. The lowest BCUT2D eigenvalue weighted by atomic mass is 10.1. The fourth-order valence-corrected chi connectivity index (χ4v) is 3.92. The van der Waals surface area contributed by atoms with Gasteiger partial charge in [-0.25, -0.2) is 0 Å². The van der Waals surface area contributed by atoms with E-state index in [0.29, 0.717) is 24.3 Å². The number of anilines is 2. The summed E-state index contributed by atoms with van der Waals surface area (Å²) in [5, 5.41) is 5.84. The van der Waals surface area contributed by atoms with Crippen LogP contribution in [0.2, 0.25) is 5.02 Å². The van der Waals surface area contributed by atoms with Gasteiger partial charge in [-0.05, 0) is 55.1 Å². The van der Waals surface area contributed by atoms with E-state index in [1.807, 2.05) is 37.4 Å². The van der Waals surface area contributed by atoms with Crippen molar-refractivity contribution in [3.63, 3.8) is 0 Å². The molecule has 1 heterocycles. The molecule has 1 aliphatic heterocycles. The standard InChI is InChI=1S/C22H24ClN3O3S/c1-3-10-24-22(29)18-9-4-15(12-19(18)23)25-21(28)14-11-20(27)26(13-14)16-5-7-17(30-2)8-6-16/h4-9,12,14H,3,10-11,13H2,1-2H3,(H,24,29)(H,25,28). The number of hydrogen-bond donors (Lipinski definition) is 2. The minimum Gasteiger partial charge on any atom is -0.352 e. The van der Waals surface area contributed by atoms with Gasteiger partial charge in [0.05, 0.1) is 16.5 Å². The van der Waals surface area contributed by atoms with Gasteiger partial charge in [0.15, 0.2) is 0 Å². The molecule has 30 heavy (non-hydrogen) atoms. The van der Waals surface area contributed by atoms with Crippen molar-refractivity contribution in [3.8, 4) is 0 Å². The molecule has 1 aliphatic rings. The summed E-state index contributed by atoms with van der Waals surface area (Å²) in [5.41, 5.74) is 1.64. The largest absolute Gasteiger partial charge is 0.352 e. The Labute approximate surface area is 185 Å². The van der Waals surface area contributed by atoms with Gasteiger partial charge in [0.2, 0.25) is 11.8 Å². The lowest BCUT2D eigenvalue weighted by molar-refractivity contribution is -0.122. The van der Waals surface area contributed by atoms with Crippen molar-refractivity contribution in [1.29, 1.82) is 0 Å². The molecule has 0 spiro atoms. The number of halogens is 1. The van der Waals surface area contributed by atoms with Crippen molar-refractivity contribution < 1.29 is 14.4 Å². The molecule has 6 nitrogen and oxygen atoms in total. The Morgan fingerprint density at radius 3 is 2.57 bits per heavy atom. The molecule has 1 saturated heterocycles. The third-order valence-corrected chi connectivity index (χ3v) is 5.95. The lowest BCUT2D eigenvalue weighted by Gasteiger charge is -2.17. The summed E-state index contributed by atoms with van der Waals surface area (Å²) in [4.78, 5) is 40.0. The number of nitrogens with zero attached hydrogens (tertiary/aromatic N) is 1. The highest BCUT2D eigenvalue weighted by Gasteiger charge is 2.35. The van der Waals surface area contributed by atoms with Crippen molar-refractivity contribution in [2.24, 2.45) is 5.92 Å². The van der Waals surface area contributed by atoms with Crippen LogP contribution < -0.4 is 15.5 Å². The van der Waals surface area contributed by atoms with E-state index in [1.54, 1.807) is 34.9 Å². The molecule has 0 aromatic heterocycles. The zero-order valence-corrected chi connectivity index (χ0v) is 18.5. The molecule has 2 aromatic rings. The lowest BCUT2D eigenvalue weighted by Crippen LogP contribution is -2.28. The van der Waals surface area contributed by atoms with Crippen LogP contribution in [0.1, 0.15) is 30.1 Å². The number of nitrogens with one attached hydrogen (secondary N) is 2. The van der Waals surface area contributed by atoms with E-state index in [1.165, 1.54) is 0 Å². The fourth-order valence-electron chi connectivity index (χ4n) is 3.25. The Bertz CT molecular complexity index is 949. The average molecular weight is 446 g/mol. The maximum atomic E-state index is 12.7. The third-order valence-electron chi connectivity index (χ3n) is 4.90. The summed E-state index contributed by atoms with van der Waals surface area (Å²) in [6.45, 7) is 2.86. The van der Waals surface area contributed by atoms with Gasteiger partial charge in [-0.1, -0.05) is 18.5 Å². The second-order valence-corrected chi connectivity index (χ2v) is 8.33. The second-order valence-electron chi connectivity index (χ2n) is 7.04. The maximum absolute atomic E-state index is 12.7. The Hall–Kier alpha value is -2.51. The molecule has 3 amide bonds. The summed E-state index contributed by atoms with van der Waals surface area (Å²) in [6.07, 6.45) is 2.98. The van der Waals surface area contributed by atoms with Crippen molar-refractivity contribution in [2.75, 3.05) is 29.6 Å². The van der Waals surface area contributed by atoms with Crippen LogP contribution >= 0.6 is 23.4 Å². The van der Waals surface area contributed by atoms with E-state index in [-0.39, 0.29) is 29.2 Å². The molecule has 2 aromatic carbocycles. The zero-order valence-electron chi connectivity index (χ0n) is 16.9. The molecule has 2 N–H and O–H groups in total.